The van der Waals surface area contributed by atoms with Gasteiger partial charge in [0.15, 0.2) is 0 Å². The van der Waals surface area contributed by atoms with Crippen LogP contribution >= 0.6 is 11.3 Å². The second-order valence-electron chi connectivity index (χ2n) is 20.8. The first-order chi connectivity index (χ1) is 25.1. The molecule has 276 valence electrons. The van der Waals surface area contributed by atoms with E-state index in [4.69, 9.17) is 0 Å². The van der Waals surface area contributed by atoms with Crippen LogP contribution in [-0.4, -0.2) is 6.71 Å². The lowest BCUT2D eigenvalue weighted by Crippen LogP contribution is -2.63. The fourth-order valence-electron chi connectivity index (χ4n) is 8.97. The van der Waals surface area contributed by atoms with Gasteiger partial charge in [-0.2, -0.15) is 0 Å². The molecule has 0 fully saturated rings. The van der Waals surface area contributed by atoms with Crippen LogP contribution in [0.2, 0.25) is 0 Å². The van der Waals surface area contributed by atoms with Crippen molar-refractivity contribution in [2.75, 3.05) is 4.90 Å². The summed E-state index contributed by atoms with van der Waals surface area (Å²) in [6, 6.07) is 38.3. The van der Waals surface area contributed by atoms with Crippen LogP contribution in [0.25, 0.3) is 21.2 Å². The van der Waals surface area contributed by atoms with Gasteiger partial charge in [0.25, 0.3) is 6.71 Å². The van der Waals surface area contributed by atoms with E-state index in [1.54, 1.807) is 0 Å². The second-order valence-corrected chi connectivity index (χ2v) is 21.9. The van der Waals surface area contributed by atoms with Crippen LogP contribution in [0.5, 0.6) is 0 Å². The van der Waals surface area contributed by atoms with Crippen LogP contribution in [-0.2, 0) is 27.1 Å². The summed E-state index contributed by atoms with van der Waals surface area (Å²) in [5.41, 5.74) is 17.7. The molecule has 0 bridgehead atoms. The van der Waals surface area contributed by atoms with Gasteiger partial charge in [0.2, 0.25) is 0 Å². The molecule has 0 unspecified atom stereocenters. The van der Waals surface area contributed by atoms with E-state index in [1.165, 1.54) is 87.4 Å². The predicted molar refractivity (Wildman–Crippen MR) is 240 cm³/mol. The summed E-state index contributed by atoms with van der Waals surface area (Å²) in [5, 5.41) is 1.43. The molecule has 0 amide bonds. The highest BCUT2D eigenvalue weighted by Gasteiger charge is 2.48. The molecule has 0 saturated carbocycles. The molecule has 0 aliphatic carbocycles. The third kappa shape index (κ3) is 5.80. The summed E-state index contributed by atoms with van der Waals surface area (Å²) in [5.74, 6) is 0. The van der Waals surface area contributed by atoms with E-state index >= 15 is 0 Å². The first kappa shape index (κ1) is 36.9. The third-order valence-electron chi connectivity index (χ3n) is 12.3. The molecule has 0 saturated heterocycles. The summed E-state index contributed by atoms with van der Waals surface area (Å²) in [6.07, 6.45) is 0. The van der Waals surface area contributed by atoms with Gasteiger partial charge in [-0.25, -0.2) is 0 Å². The number of hydrogen-bond donors (Lipinski definition) is 0. The summed E-state index contributed by atoms with van der Waals surface area (Å²) in [7, 11) is 0. The lowest BCUT2D eigenvalue weighted by atomic mass is 9.32. The zero-order chi connectivity index (χ0) is 38.9. The third-order valence-corrected chi connectivity index (χ3v) is 13.6. The van der Waals surface area contributed by atoms with Crippen LogP contribution in [0.1, 0.15) is 130 Å². The van der Waals surface area contributed by atoms with Crippen molar-refractivity contribution in [1.82, 2.24) is 0 Å². The van der Waals surface area contributed by atoms with Gasteiger partial charge >= 0.3 is 0 Å². The minimum atomic E-state index is -0.189. The maximum Gasteiger partial charge on any atom is 0.259 e. The smallest absolute Gasteiger partial charge is 0.259 e. The average molecular weight is 728 g/mol. The number of para-hydroxylation sites is 1. The maximum absolute atomic E-state index is 2.63. The van der Waals surface area contributed by atoms with Crippen LogP contribution < -0.4 is 20.6 Å². The lowest BCUT2D eigenvalue weighted by Gasteiger charge is -2.45. The highest BCUT2D eigenvalue weighted by atomic mass is 32.1. The maximum atomic E-state index is 2.63. The zero-order valence-corrected chi connectivity index (χ0v) is 36.0. The minimum Gasteiger partial charge on any atom is -0.311 e. The van der Waals surface area contributed by atoms with Crippen molar-refractivity contribution in [1.29, 1.82) is 0 Å². The van der Waals surface area contributed by atoms with Gasteiger partial charge < -0.3 is 4.90 Å². The Bertz CT molecular complexity index is 2450. The molecule has 2 aliphatic rings. The van der Waals surface area contributed by atoms with E-state index in [1.807, 2.05) is 11.3 Å². The molecule has 5 aromatic carbocycles. The number of hydrogen-bond acceptors (Lipinski definition) is 2. The Balaban J connectivity index is 1.46. The Labute approximate surface area is 329 Å². The highest BCUT2D eigenvalue weighted by molar-refractivity contribution is 7.32. The summed E-state index contributed by atoms with van der Waals surface area (Å²) >= 11 is 2.02. The molecule has 54 heavy (non-hydrogen) atoms. The SMILES string of the molecule is CC(C)(C)c1ccc(-c2cc(C(C)(C)C)ccc2N2c3ccccc3B3c4sc5ccc(C(C)(C)C)cc5c4C(C)(C)c4cc(C(C)(C)C)cc2c43)cc1. The molecular weight excluding hydrogens is 669 g/mol. The number of benzene rings is 5. The number of rotatable bonds is 2. The number of nitrogens with zero attached hydrogens (tertiary/aromatic N) is 1. The van der Waals surface area contributed by atoms with E-state index < -0.39 is 0 Å². The fourth-order valence-corrected chi connectivity index (χ4v) is 10.4. The molecule has 3 heteroatoms. The number of anilines is 3. The van der Waals surface area contributed by atoms with Crippen molar-refractivity contribution in [2.24, 2.45) is 0 Å². The second kappa shape index (κ2) is 12.0. The molecule has 6 aromatic rings. The van der Waals surface area contributed by atoms with Crippen LogP contribution in [0.15, 0.2) is 97.1 Å². The minimum absolute atomic E-state index is 0.0172. The first-order valence-corrected chi connectivity index (χ1v) is 20.8. The van der Waals surface area contributed by atoms with Gasteiger partial charge in [0.05, 0.1) is 5.69 Å². The molecule has 3 heterocycles. The van der Waals surface area contributed by atoms with Gasteiger partial charge in [-0.3, -0.25) is 0 Å². The van der Waals surface area contributed by atoms with Gasteiger partial charge in [0.1, 0.15) is 0 Å². The normalized spacial score (nSPS) is 15.3. The molecule has 0 N–H and O–H groups in total. The Morgan fingerprint density at radius 3 is 1.74 bits per heavy atom. The van der Waals surface area contributed by atoms with Crippen molar-refractivity contribution in [3.63, 3.8) is 0 Å². The van der Waals surface area contributed by atoms with Crippen molar-refractivity contribution in [2.45, 2.75) is 124 Å². The Hall–Kier alpha value is -4.08. The van der Waals surface area contributed by atoms with E-state index in [-0.39, 0.29) is 33.8 Å². The first-order valence-electron chi connectivity index (χ1n) is 20.0. The van der Waals surface area contributed by atoms with Crippen molar-refractivity contribution >= 4 is 60.9 Å². The van der Waals surface area contributed by atoms with E-state index in [2.05, 4.69) is 199 Å². The monoisotopic (exact) mass is 727 g/mol. The Kier molecular flexibility index (Phi) is 8.17. The predicted octanol–water partition coefficient (Wildman–Crippen LogP) is 12.7. The van der Waals surface area contributed by atoms with E-state index in [0.29, 0.717) is 0 Å². The van der Waals surface area contributed by atoms with Crippen molar-refractivity contribution in [3.05, 3.63) is 130 Å². The molecule has 1 nitrogen and oxygen atoms in total. The van der Waals surface area contributed by atoms with E-state index in [0.717, 1.165) is 0 Å². The topological polar surface area (TPSA) is 3.24 Å². The summed E-state index contributed by atoms with van der Waals surface area (Å²) in [6.45, 7) is 33.1. The standard InChI is InChI=1S/C51H58BNS/c1-47(2,3)32-21-19-31(20-22-32)36-27-33(48(4,5)6)23-25-40(36)53-41-18-16-15-17-39(41)52-45-38(29-35(30-42(45)53)50(10,11)12)51(13,14)44-37-28-34(49(7,8)9)24-26-43(37)54-46(44)52/h15-30H,1-14H3. The quantitative estimate of drug-likeness (QED) is 0.160. The van der Waals surface area contributed by atoms with Crippen LogP contribution in [0.4, 0.5) is 17.1 Å². The lowest BCUT2D eigenvalue weighted by molar-refractivity contribution is 0.583. The Morgan fingerprint density at radius 1 is 0.537 bits per heavy atom. The molecule has 0 radical (unpaired) electrons. The molecule has 0 atom stereocenters. The largest absolute Gasteiger partial charge is 0.311 e. The Morgan fingerprint density at radius 2 is 1.11 bits per heavy atom. The summed E-state index contributed by atoms with van der Waals surface area (Å²) < 4.78 is 2.90. The van der Waals surface area contributed by atoms with Crippen LogP contribution in [0, 0.1) is 0 Å². The van der Waals surface area contributed by atoms with Crippen molar-refractivity contribution < 1.29 is 0 Å². The molecule has 8 rings (SSSR count). The molecule has 2 aliphatic heterocycles. The summed E-state index contributed by atoms with van der Waals surface area (Å²) in [4.78, 5) is 2.63. The van der Waals surface area contributed by atoms with Gasteiger partial charge in [-0.1, -0.05) is 158 Å². The zero-order valence-electron chi connectivity index (χ0n) is 35.2. The van der Waals surface area contributed by atoms with Gasteiger partial charge in [-0.15, -0.1) is 11.3 Å². The van der Waals surface area contributed by atoms with Crippen LogP contribution in [0.3, 0.4) is 0 Å². The van der Waals surface area contributed by atoms with E-state index in [9.17, 15) is 0 Å². The highest BCUT2D eigenvalue weighted by Crippen LogP contribution is 2.50. The van der Waals surface area contributed by atoms with Gasteiger partial charge in [-0.05, 0) is 118 Å². The molecule has 0 spiro atoms. The molecule has 1 aromatic heterocycles. The van der Waals surface area contributed by atoms with Crippen molar-refractivity contribution in [3.8, 4) is 11.1 Å². The number of fused-ring (bicyclic) bond motifs is 6. The van der Waals surface area contributed by atoms with Gasteiger partial charge in [0, 0.05) is 27.1 Å². The fraction of sp³-hybridized carbons (Fsp3) is 0.373. The number of thiophene rings is 1. The molecular formula is C51H58BNS. The average Bonchev–Trinajstić information content (AvgIpc) is 3.48.